The maximum absolute atomic E-state index is 12.5. The van der Waals surface area contributed by atoms with Gasteiger partial charge >= 0.3 is 6.09 Å². The van der Waals surface area contributed by atoms with E-state index in [2.05, 4.69) is 15.6 Å². The number of piperidine rings is 1. The van der Waals surface area contributed by atoms with E-state index in [0.717, 1.165) is 25.3 Å². The predicted octanol–water partition coefficient (Wildman–Crippen LogP) is 3.53. The van der Waals surface area contributed by atoms with Crippen molar-refractivity contribution in [3.8, 4) is 0 Å². The molecule has 0 aromatic heterocycles. The maximum Gasteiger partial charge on any atom is 0.410 e. The van der Waals surface area contributed by atoms with Crippen LogP contribution in [0.15, 0.2) is 4.99 Å². The van der Waals surface area contributed by atoms with Crippen LogP contribution in [0.5, 0.6) is 0 Å². The number of nitrogens with zero attached hydrogens (tertiary/aromatic N) is 3. The van der Waals surface area contributed by atoms with Crippen molar-refractivity contribution in [1.29, 1.82) is 0 Å². The molecule has 0 spiro atoms. The number of halogens is 3. The molecule has 1 aliphatic rings. The van der Waals surface area contributed by atoms with Crippen LogP contribution in [-0.4, -0.2) is 85.7 Å². The zero-order valence-corrected chi connectivity index (χ0v) is 21.5. The highest BCUT2D eigenvalue weighted by molar-refractivity contribution is 14.0. The van der Waals surface area contributed by atoms with Crippen molar-refractivity contribution < 1.29 is 18.3 Å². The molecule has 0 bridgehead atoms. The lowest BCUT2D eigenvalue weighted by molar-refractivity contribution is 0.0231. The number of likely N-dealkylation sites (tertiary alicyclic amines) is 1. The third-order valence-corrected chi connectivity index (χ3v) is 4.83. The lowest BCUT2D eigenvalue weighted by Crippen LogP contribution is -2.49. The maximum atomic E-state index is 12.5. The predicted molar refractivity (Wildman–Crippen MR) is 128 cm³/mol. The van der Waals surface area contributed by atoms with Crippen LogP contribution in [0.2, 0.25) is 0 Å². The SMILES string of the molecule is CCNC(=NCCC(C)N(C)C(=O)OC(C)(C)C)NC1CCN(CC(F)F)CC1.I. The quantitative estimate of drug-likeness (QED) is 0.277. The van der Waals surface area contributed by atoms with E-state index in [0.29, 0.717) is 26.1 Å². The molecule has 1 fully saturated rings. The number of hydrogen-bond acceptors (Lipinski definition) is 4. The average molecular weight is 547 g/mol. The van der Waals surface area contributed by atoms with E-state index in [-0.39, 0.29) is 48.7 Å². The van der Waals surface area contributed by atoms with Gasteiger partial charge in [-0.05, 0) is 53.9 Å². The topological polar surface area (TPSA) is 69.2 Å². The number of ether oxygens (including phenoxy) is 1. The molecule has 1 aliphatic heterocycles. The molecule has 0 saturated carbocycles. The van der Waals surface area contributed by atoms with Crippen molar-refractivity contribution in [2.75, 3.05) is 39.8 Å². The number of amides is 1. The third kappa shape index (κ3) is 12.1. The Morgan fingerprint density at radius 3 is 2.40 bits per heavy atom. The van der Waals surface area contributed by atoms with E-state index in [4.69, 9.17) is 4.74 Å². The van der Waals surface area contributed by atoms with Crippen molar-refractivity contribution in [3.05, 3.63) is 0 Å². The zero-order chi connectivity index (χ0) is 22.0. The van der Waals surface area contributed by atoms with Crippen LogP contribution in [0, 0.1) is 0 Å². The molecule has 0 aromatic rings. The molecule has 30 heavy (non-hydrogen) atoms. The van der Waals surface area contributed by atoms with Gasteiger partial charge in [0.15, 0.2) is 5.96 Å². The minimum atomic E-state index is -2.28. The summed E-state index contributed by atoms with van der Waals surface area (Å²) >= 11 is 0. The van der Waals surface area contributed by atoms with Crippen LogP contribution < -0.4 is 10.6 Å². The molecule has 178 valence electrons. The van der Waals surface area contributed by atoms with Crippen LogP contribution in [0.4, 0.5) is 13.6 Å². The van der Waals surface area contributed by atoms with Gasteiger partial charge in [0.05, 0.1) is 6.54 Å². The Balaban J connectivity index is 0.00000841. The first-order valence-electron chi connectivity index (χ1n) is 10.5. The Morgan fingerprint density at radius 1 is 1.30 bits per heavy atom. The molecular formula is C20H40F2IN5O2. The molecule has 1 heterocycles. The van der Waals surface area contributed by atoms with Gasteiger partial charge in [0.25, 0.3) is 6.43 Å². The first-order chi connectivity index (χ1) is 13.5. The molecule has 0 aliphatic carbocycles. The van der Waals surface area contributed by atoms with E-state index in [9.17, 15) is 13.6 Å². The van der Waals surface area contributed by atoms with Gasteiger partial charge in [-0.1, -0.05) is 0 Å². The van der Waals surface area contributed by atoms with E-state index < -0.39 is 12.0 Å². The average Bonchev–Trinajstić information content (AvgIpc) is 2.60. The number of aliphatic imine (C=N–C) groups is 1. The Bertz CT molecular complexity index is 524. The second kappa shape index (κ2) is 14.2. The lowest BCUT2D eigenvalue weighted by Gasteiger charge is -2.32. The summed E-state index contributed by atoms with van der Waals surface area (Å²) < 4.78 is 30.4. The number of guanidine groups is 1. The summed E-state index contributed by atoms with van der Waals surface area (Å²) in [5.74, 6) is 0.729. The summed E-state index contributed by atoms with van der Waals surface area (Å²) in [7, 11) is 1.74. The summed E-state index contributed by atoms with van der Waals surface area (Å²) in [6.45, 7) is 12.0. The number of alkyl halides is 2. The normalized spacial score (nSPS) is 17.3. The standard InChI is InChI=1S/C20H39F2N5O2.HI/c1-7-23-18(25-16-9-12-27(13-10-16)14-17(21)22)24-11-8-15(2)26(6)19(28)29-20(3,4)5;/h15-17H,7-14H2,1-6H3,(H2,23,24,25);1H. The zero-order valence-electron chi connectivity index (χ0n) is 19.2. The molecule has 1 amide bonds. The Hall–Kier alpha value is -0.910. The first-order valence-corrected chi connectivity index (χ1v) is 10.5. The summed E-state index contributed by atoms with van der Waals surface area (Å²) in [4.78, 5) is 20.2. The second-order valence-corrected chi connectivity index (χ2v) is 8.60. The first kappa shape index (κ1) is 29.1. The molecule has 10 heteroatoms. The lowest BCUT2D eigenvalue weighted by atomic mass is 10.1. The Labute approximate surface area is 197 Å². The fourth-order valence-electron chi connectivity index (χ4n) is 3.04. The number of nitrogens with one attached hydrogen (secondary N) is 2. The van der Waals surface area contributed by atoms with Crippen LogP contribution in [0.25, 0.3) is 0 Å². The van der Waals surface area contributed by atoms with Gasteiger partial charge in [-0.2, -0.15) is 0 Å². The van der Waals surface area contributed by atoms with E-state index in [1.165, 1.54) is 0 Å². The van der Waals surface area contributed by atoms with Gasteiger partial charge in [-0.15, -0.1) is 24.0 Å². The monoisotopic (exact) mass is 547 g/mol. The molecule has 0 radical (unpaired) electrons. The van der Waals surface area contributed by atoms with E-state index in [1.54, 1.807) is 16.8 Å². The second-order valence-electron chi connectivity index (χ2n) is 8.60. The number of carbonyl (C=O) groups excluding carboxylic acids is 1. The number of carbonyl (C=O) groups is 1. The van der Waals surface area contributed by atoms with E-state index >= 15 is 0 Å². The number of hydrogen-bond donors (Lipinski definition) is 2. The van der Waals surface area contributed by atoms with Crippen LogP contribution >= 0.6 is 24.0 Å². The van der Waals surface area contributed by atoms with Gasteiger partial charge < -0.3 is 20.3 Å². The molecule has 1 saturated heterocycles. The molecular weight excluding hydrogens is 507 g/mol. The van der Waals surface area contributed by atoms with Crippen LogP contribution in [0.1, 0.15) is 53.9 Å². The molecule has 1 rings (SSSR count). The minimum Gasteiger partial charge on any atom is -0.444 e. The van der Waals surface area contributed by atoms with Gasteiger partial charge in [0.1, 0.15) is 5.60 Å². The van der Waals surface area contributed by atoms with Crippen molar-refractivity contribution in [1.82, 2.24) is 20.4 Å². The Morgan fingerprint density at radius 2 is 1.90 bits per heavy atom. The highest BCUT2D eigenvalue weighted by Gasteiger charge is 2.23. The molecule has 1 unspecified atom stereocenters. The van der Waals surface area contributed by atoms with Crippen molar-refractivity contribution in [3.63, 3.8) is 0 Å². The highest BCUT2D eigenvalue weighted by Crippen LogP contribution is 2.13. The molecule has 0 aromatic carbocycles. The summed E-state index contributed by atoms with van der Waals surface area (Å²) in [6, 6.07) is 0.220. The molecule has 7 nitrogen and oxygen atoms in total. The van der Waals surface area contributed by atoms with Crippen molar-refractivity contribution in [2.45, 2.75) is 78.0 Å². The highest BCUT2D eigenvalue weighted by atomic mass is 127. The largest absolute Gasteiger partial charge is 0.444 e. The van der Waals surface area contributed by atoms with Crippen LogP contribution in [0.3, 0.4) is 0 Å². The number of rotatable bonds is 8. The van der Waals surface area contributed by atoms with Crippen molar-refractivity contribution >= 4 is 36.0 Å². The fourth-order valence-corrected chi connectivity index (χ4v) is 3.04. The third-order valence-electron chi connectivity index (χ3n) is 4.83. The summed E-state index contributed by atoms with van der Waals surface area (Å²) in [5.41, 5.74) is -0.518. The van der Waals surface area contributed by atoms with Crippen LogP contribution in [-0.2, 0) is 4.74 Å². The van der Waals surface area contributed by atoms with Gasteiger partial charge in [0, 0.05) is 45.3 Å². The summed E-state index contributed by atoms with van der Waals surface area (Å²) in [6.07, 6.45) is -0.281. The molecule has 2 N–H and O–H groups in total. The van der Waals surface area contributed by atoms with E-state index in [1.807, 2.05) is 34.6 Å². The molecule has 1 atom stereocenters. The van der Waals surface area contributed by atoms with Gasteiger partial charge in [0.2, 0.25) is 0 Å². The van der Waals surface area contributed by atoms with Gasteiger partial charge in [-0.3, -0.25) is 9.89 Å². The fraction of sp³-hybridized carbons (Fsp3) is 0.900. The minimum absolute atomic E-state index is 0. The smallest absolute Gasteiger partial charge is 0.410 e. The summed E-state index contributed by atoms with van der Waals surface area (Å²) in [5, 5.41) is 6.64. The Kier molecular flexibility index (Phi) is 13.8. The van der Waals surface area contributed by atoms with Crippen molar-refractivity contribution in [2.24, 2.45) is 4.99 Å². The van der Waals surface area contributed by atoms with Gasteiger partial charge in [-0.25, -0.2) is 13.6 Å².